The lowest BCUT2D eigenvalue weighted by Crippen LogP contribution is -2.40. The first-order chi connectivity index (χ1) is 8.56. The molecule has 0 bridgehead atoms. The Morgan fingerprint density at radius 1 is 1.61 bits per heavy atom. The summed E-state index contributed by atoms with van der Waals surface area (Å²) in [6.07, 6.45) is 3.36. The molecule has 3 N–H and O–H groups in total. The average molecular weight is 250 g/mol. The van der Waals surface area contributed by atoms with Crippen LogP contribution < -0.4 is 11.3 Å². The number of nitrogen functional groups attached to an aromatic ring is 1. The maximum atomic E-state index is 11.2. The molecule has 0 amide bonds. The quantitative estimate of drug-likeness (QED) is 0.839. The van der Waals surface area contributed by atoms with Gasteiger partial charge in [-0.05, 0) is 51.6 Å². The van der Waals surface area contributed by atoms with Crippen molar-refractivity contribution in [3.05, 3.63) is 22.1 Å². The third-order valence-electron chi connectivity index (χ3n) is 3.66. The normalized spacial score (nSPS) is 21.4. The van der Waals surface area contributed by atoms with E-state index in [0.29, 0.717) is 12.0 Å². The first-order valence-corrected chi connectivity index (χ1v) is 6.64. The number of rotatable bonds is 3. The van der Waals surface area contributed by atoms with Crippen LogP contribution >= 0.6 is 0 Å². The average Bonchev–Trinajstić information content (AvgIpc) is 2.34. The van der Waals surface area contributed by atoms with Crippen molar-refractivity contribution in [2.45, 2.75) is 39.2 Å². The fourth-order valence-electron chi connectivity index (χ4n) is 2.60. The first-order valence-electron chi connectivity index (χ1n) is 6.64. The summed E-state index contributed by atoms with van der Waals surface area (Å²) in [6.45, 7) is 6.77. The van der Waals surface area contributed by atoms with E-state index in [1.165, 1.54) is 19.4 Å². The van der Waals surface area contributed by atoms with Crippen LogP contribution in [-0.2, 0) is 6.42 Å². The second kappa shape index (κ2) is 5.52. The Labute approximate surface area is 107 Å². The van der Waals surface area contributed by atoms with E-state index in [0.717, 1.165) is 18.7 Å². The van der Waals surface area contributed by atoms with Gasteiger partial charge < -0.3 is 10.6 Å². The molecule has 0 radical (unpaired) electrons. The first kappa shape index (κ1) is 13.1. The monoisotopic (exact) mass is 250 g/mol. The summed E-state index contributed by atoms with van der Waals surface area (Å²) >= 11 is 0. The van der Waals surface area contributed by atoms with Gasteiger partial charge in [-0.25, -0.2) is 5.10 Å². The Balaban J connectivity index is 2.00. The van der Waals surface area contributed by atoms with E-state index in [4.69, 9.17) is 5.73 Å². The number of piperidine rings is 1. The molecule has 1 atom stereocenters. The molecule has 5 heteroatoms. The lowest BCUT2D eigenvalue weighted by molar-refractivity contribution is 0.139. The minimum atomic E-state index is -0.300. The maximum absolute atomic E-state index is 11.2. The summed E-state index contributed by atoms with van der Waals surface area (Å²) in [6, 6.07) is 2.30. The molecule has 0 spiro atoms. The van der Waals surface area contributed by atoms with Gasteiger partial charge >= 0.3 is 0 Å². The molecule has 0 saturated carbocycles. The number of nitrogens with one attached hydrogen (secondary N) is 1. The van der Waals surface area contributed by atoms with Crippen LogP contribution in [0.3, 0.4) is 0 Å². The van der Waals surface area contributed by atoms with E-state index >= 15 is 0 Å². The van der Waals surface area contributed by atoms with Crippen molar-refractivity contribution in [2.24, 2.45) is 5.92 Å². The van der Waals surface area contributed by atoms with Gasteiger partial charge in [-0.1, -0.05) is 0 Å². The number of likely N-dealkylation sites (tertiary alicyclic amines) is 1. The minimum absolute atomic E-state index is 0.261. The van der Waals surface area contributed by atoms with Crippen LogP contribution in [0.5, 0.6) is 0 Å². The van der Waals surface area contributed by atoms with Gasteiger partial charge in [0.15, 0.2) is 0 Å². The zero-order valence-corrected chi connectivity index (χ0v) is 11.1. The summed E-state index contributed by atoms with van der Waals surface area (Å²) < 4.78 is 0. The van der Waals surface area contributed by atoms with Crippen molar-refractivity contribution in [1.82, 2.24) is 15.1 Å². The zero-order chi connectivity index (χ0) is 13.1. The van der Waals surface area contributed by atoms with E-state index in [1.807, 2.05) is 0 Å². The van der Waals surface area contributed by atoms with Crippen LogP contribution in [-0.4, -0.2) is 34.2 Å². The predicted octanol–water partition coefficient (Wildman–Crippen LogP) is 1.02. The second-order valence-corrected chi connectivity index (χ2v) is 5.44. The van der Waals surface area contributed by atoms with Gasteiger partial charge in [-0.3, -0.25) is 4.79 Å². The summed E-state index contributed by atoms with van der Waals surface area (Å²) in [7, 11) is 0. The molecule has 1 unspecified atom stereocenters. The van der Waals surface area contributed by atoms with Crippen molar-refractivity contribution in [3.8, 4) is 0 Å². The van der Waals surface area contributed by atoms with Crippen LogP contribution in [0.25, 0.3) is 0 Å². The van der Waals surface area contributed by atoms with E-state index < -0.39 is 0 Å². The summed E-state index contributed by atoms with van der Waals surface area (Å²) in [5.41, 5.74) is 6.46. The second-order valence-electron chi connectivity index (χ2n) is 5.44. The molecule has 1 aromatic rings. The largest absolute Gasteiger partial charge is 0.394 e. The van der Waals surface area contributed by atoms with Crippen LogP contribution in [0.2, 0.25) is 0 Å². The number of aromatic amines is 1. The molecular formula is C13H22N4O. The number of aromatic nitrogens is 2. The molecule has 2 heterocycles. The number of H-pyrrole nitrogens is 1. The van der Waals surface area contributed by atoms with Crippen LogP contribution in [0.1, 0.15) is 32.4 Å². The zero-order valence-electron chi connectivity index (χ0n) is 11.1. The number of hydrogen-bond donors (Lipinski definition) is 2. The number of hydrogen-bond acceptors (Lipinski definition) is 4. The van der Waals surface area contributed by atoms with Crippen molar-refractivity contribution >= 4 is 5.69 Å². The number of anilines is 1. The topological polar surface area (TPSA) is 75.0 Å². The SMILES string of the molecule is CC(C)N1CCCC(Cc2cc(N)c(=O)[nH]n2)C1. The molecule has 18 heavy (non-hydrogen) atoms. The highest BCUT2D eigenvalue weighted by molar-refractivity contribution is 5.34. The Morgan fingerprint density at radius 2 is 2.39 bits per heavy atom. The fourth-order valence-corrected chi connectivity index (χ4v) is 2.60. The summed E-state index contributed by atoms with van der Waals surface area (Å²) in [5.74, 6) is 0.610. The Kier molecular flexibility index (Phi) is 4.01. The predicted molar refractivity (Wildman–Crippen MR) is 72.4 cm³/mol. The smallest absolute Gasteiger partial charge is 0.287 e. The summed E-state index contributed by atoms with van der Waals surface area (Å²) in [4.78, 5) is 13.7. The van der Waals surface area contributed by atoms with Crippen LogP contribution in [0.15, 0.2) is 10.9 Å². The van der Waals surface area contributed by atoms with E-state index in [-0.39, 0.29) is 11.2 Å². The van der Waals surface area contributed by atoms with Gasteiger partial charge in [0.2, 0.25) is 0 Å². The number of nitrogens with zero attached hydrogens (tertiary/aromatic N) is 2. The molecule has 0 aromatic carbocycles. The van der Waals surface area contributed by atoms with Crippen molar-refractivity contribution < 1.29 is 0 Å². The highest BCUT2D eigenvalue weighted by Gasteiger charge is 2.22. The third kappa shape index (κ3) is 3.10. The summed E-state index contributed by atoms with van der Waals surface area (Å²) in [5, 5.41) is 6.51. The molecule has 5 nitrogen and oxygen atoms in total. The van der Waals surface area contributed by atoms with Gasteiger partial charge in [0.25, 0.3) is 5.56 Å². The molecule has 0 aliphatic carbocycles. The van der Waals surface area contributed by atoms with E-state index in [2.05, 4.69) is 28.9 Å². The highest BCUT2D eigenvalue weighted by atomic mass is 16.1. The standard InChI is InChI=1S/C13H22N4O/c1-9(2)17-5-3-4-10(8-17)6-11-7-12(14)13(18)16-15-11/h7,9-10H,3-6,8H2,1-2H3,(H2,14,15)(H,16,18). The van der Waals surface area contributed by atoms with Crippen LogP contribution in [0.4, 0.5) is 5.69 Å². The van der Waals surface area contributed by atoms with Gasteiger partial charge in [-0.2, -0.15) is 5.10 Å². The van der Waals surface area contributed by atoms with Crippen molar-refractivity contribution in [2.75, 3.05) is 18.8 Å². The molecule has 1 saturated heterocycles. The lowest BCUT2D eigenvalue weighted by atomic mass is 9.92. The Hall–Kier alpha value is -1.36. The molecule has 1 aromatic heterocycles. The van der Waals surface area contributed by atoms with Gasteiger partial charge in [0.1, 0.15) is 5.69 Å². The molecule has 2 rings (SSSR count). The van der Waals surface area contributed by atoms with Crippen LogP contribution in [0, 0.1) is 5.92 Å². The van der Waals surface area contributed by atoms with Gasteiger partial charge in [-0.15, -0.1) is 0 Å². The fraction of sp³-hybridized carbons (Fsp3) is 0.692. The maximum Gasteiger partial charge on any atom is 0.287 e. The molecular weight excluding hydrogens is 228 g/mol. The Bertz CT molecular complexity index is 455. The minimum Gasteiger partial charge on any atom is -0.394 e. The molecule has 1 fully saturated rings. The molecule has 1 aliphatic rings. The van der Waals surface area contributed by atoms with E-state index in [1.54, 1.807) is 6.07 Å². The molecule has 100 valence electrons. The lowest BCUT2D eigenvalue weighted by Gasteiger charge is -2.35. The number of nitrogens with two attached hydrogens (primary N) is 1. The Morgan fingerprint density at radius 3 is 3.06 bits per heavy atom. The molecule has 1 aliphatic heterocycles. The van der Waals surface area contributed by atoms with E-state index in [9.17, 15) is 4.79 Å². The highest BCUT2D eigenvalue weighted by Crippen LogP contribution is 2.21. The van der Waals surface area contributed by atoms with Gasteiger partial charge in [0, 0.05) is 12.6 Å². The van der Waals surface area contributed by atoms with Gasteiger partial charge in [0.05, 0.1) is 5.69 Å². The third-order valence-corrected chi connectivity index (χ3v) is 3.66. The van der Waals surface area contributed by atoms with Crippen molar-refractivity contribution in [3.63, 3.8) is 0 Å². The van der Waals surface area contributed by atoms with Crippen molar-refractivity contribution in [1.29, 1.82) is 0 Å².